The summed E-state index contributed by atoms with van der Waals surface area (Å²) in [5.41, 5.74) is 5.49. The van der Waals surface area contributed by atoms with E-state index < -0.39 is 42.1 Å². The van der Waals surface area contributed by atoms with Crippen LogP contribution in [0.1, 0.15) is 30.6 Å². The summed E-state index contributed by atoms with van der Waals surface area (Å²) in [7, 11) is 0. The second-order valence-electron chi connectivity index (χ2n) is 4.96. The Kier molecular flexibility index (Phi) is 8.04. The number of ether oxygens (including phenoxy) is 2. The lowest BCUT2D eigenvalue weighted by Gasteiger charge is -2.23. The maximum atomic E-state index is 12.2. The van der Waals surface area contributed by atoms with Crippen molar-refractivity contribution in [1.82, 2.24) is 10.3 Å². The maximum absolute atomic E-state index is 12.2. The van der Waals surface area contributed by atoms with Crippen LogP contribution in [0, 0.1) is 5.92 Å². The molecule has 0 unspecified atom stereocenters. The normalized spacial score (nSPS) is 12.6. The number of pyridine rings is 1. The molecule has 0 aliphatic heterocycles. The number of hydrogen-bond acceptors (Lipinski definition) is 7. The van der Waals surface area contributed by atoms with Crippen LogP contribution in [0.25, 0.3) is 0 Å². The average molecular weight is 351 g/mol. The first-order valence-electron chi connectivity index (χ1n) is 7.73. The van der Waals surface area contributed by atoms with Crippen LogP contribution in [0.3, 0.4) is 0 Å². The highest BCUT2D eigenvalue weighted by molar-refractivity contribution is 5.99. The summed E-state index contributed by atoms with van der Waals surface area (Å²) >= 11 is 0. The molecule has 0 aliphatic rings. The van der Waals surface area contributed by atoms with E-state index in [1.807, 2.05) is 0 Å². The molecule has 0 radical (unpaired) electrons. The molecule has 0 aromatic carbocycles. The Labute approximate surface area is 144 Å². The fourth-order valence-electron chi connectivity index (χ4n) is 2.08. The van der Waals surface area contributed by atoms with E-state index in [0.29, 0.717) is 0 Å². The molecule has 9 nitrogen and oxygen atoms in total. The second kappa shape index (κ2) is 10.0. The van der Waals surface area contributed by atoms with Crippen molar-refractivity contribution in [3.63, 3.8) is 0 Å². The summed E-state index contributed by atoms with van der Waals surface area (Å²) in [6.45, 7) is 3.33. The average Bonchev–Trinajstić information content (AvgIpc) is 2.58. The monoisotopic (exact) mass is 351 g/mol. The van der Waals surface area contributed by atoms with Crippen LogP contribution in [0.5, 0.6) is 0 Å². The zero-order chi connectivity index (χ0) is 18.8. The van der Waals surface area contributed by atoms with Gasteiger partial charge in [-0.3, -0.25) is 24.2 Å². The van der Waals surface area contributed by atoms with Gasteiger partial charge >= 0.3 is 11.9 Å². The fourth-order valence-corrected chi connectivity index (χ4v) is 2.08. The quantitative estimate of drug-likeness (QED) is 0.587. The number of aromatic nitrogens is 1. The lowest BCUT2D eigenvalue weighted by Crippen LogP contribution is -2.52. The minimum atomic E-state index is -1.43. The standard InChI is InChI=1S/C16H21N3O6/c1-3-24-12(20)8-11(16(23)25-4-2)13(14(17)21)19-15(22)10-6-5-7-18-9-10/h5-7,9,11,13H,3-4,8H2,1-2H3,(H2,17,21)(H,19,22)/t11-,13+/m1/s1. The van der Waals surface area contributed by atoms with E-state index in [1.54, 1.807) is 13.8 Å². The molecule has 2 atom stereocenters. The van der Waals surface area contributed by atoms with Crippen molar-refractivity contribution in [3.05, 3.63) is 30.1 Å². The molecule has 0 spiro atoms. The third-order valence-electron chi connectivity index (χ3n) is 3.20. The van der Waals surface area contributed by atoms with E-state index in [4.69, 9.17) is 15.2 Å². The lowest BCUT2D eigenvalue weighted by molar-refractivity contribution is -0.156. The van der Waals surface area contributed by atoms with Crippen molar-refractivity contribution < 1.29 is 28.7 Å². The Bertz CT molecular complexity index is 620. The number of primary amides is 1. The third-order valence-corrected chi connectivity index (χ3v) is 3.20. The predicted molar refractivity (Wildman–Crippen MR) is 86.1 cm³/mol. The van der Waals surface area contributed by atoms with Crippen molar-refractivity contribution in [2.45, 2.75) is 26.3 Å². The Balaban J connectivity index is 3.01. The van der Waals surface area contributed by atoms with Gasteiger partial charge in [0.25, 0.3) is 5.91 Å². The molecule has 0 fully saturated rings. The fraction of sp³-hybridized carbons (Fsp3) is 0.438. The van der Waals surface area contributed by atoms with Gasteiger partial charge < -0.3 is 20.5 Å². The van der Waals surface area contributed by atoms with Gasteiger partial charge in [-0.25, -0.2) is 0 Å². The van der Waals surface area contributed by atoms with Crippen molar-refractivity contribution >= 4 is 23.8 Å². The van der Waals surface area contributed by atoms with Crippen molar-refractivity contribution in [2.24, 2.45) is 11.7 Å². The summed E-state index contributed by atoms with van der Waals surface area (Å²) in [5.74, 6) is -4.46. The summed E-state index contributed by atoms with van der Waals surface area (Å²) < 4.78 is 9.68. The molecule has 1 heterocycles. The molecule has 0 bridgehead atoms. The van der Waals surface area contributed by atoms with Crippen molar-refractivity contribution in [1.29, 1.82) is 0 Å². The van der Waals surface area contributed by atoms with Crippen LogP contribution in [0.4, 0.5) is 0 Å². The first kappa shape index (κ1) is 20.1. The summed E-state index contributed by atoms with van der Waals surface area (Å²) in [6.07, 6.45) is 2.32. The molecule has 1 aromatic heterocycles. The molecule has 136 valence electrons. The van der Waals surface area contributed by atoms with Crippen molar-refractivity contribution in [2.75, 3.05) is 13.2 Å². The van der Waals surface area contributed by atoms with Crippen LogP contribution >= 0.6 is 0 Å². The van der Waals surface area contributed by atoms with E-state index in [1.165, 1.54) is 24.5 Å². The van der Waals surface area contributed by atoms with Crippen LogP contribution in [0.15, 0.2) is 24.5 Å². The lowest BCUT2D eigenvalue weighted by atomic mass is 9.95. The Morgan fingerprint density at radius 3 is 2.40 bits per heavy atom. The van der Waals surface area contributed by atoms with Gasteiger partial charge in [-0.2, -0.15) is 0 Å². The zero-order valence-electron chi connectivity index (χ0n) is 14.1. The van der Waals surface area contributed by atoms with Gasteiger partial charge in [-0.05, 0) is 26.0 Å². The van der Waals surface area contributed by atoms with Gasteiger partial charge in [0.15, 0.2) is 0 Å². The molecular weight excluding hydrogens is 330 g/mol. The predicted octanol–water partition coefficient (Wildman–Crippen LogP) is -0.202. The topological polar surface area (TPSA) is 138 Å². The molecule has 9 heteroatoms. The molecular formula is C16H21N3O6. The molecule has 25 heavy (non-hydrogen) atoms. The Hall–Kier alpha value is -2.97. The minimum Gasteiger partial charge on any atom is -0.466 e. The number of hydrogen-bond donors (Lipinski definition) is 2. The molecule has 2 amide bonds. The number of carbonyl (C=O) groups excluding carboxylic acids is 4. The van der Waals surface area contributed by atoms with Gasteiger partial charge in [-0.1, -0.05) is 0 Å². The van der Waals surface area contributed by atoms with Gasteiger partial charge in [0.2, 0.25) is 5.91 Å². The molecule has 1 rings (SSSR count). The number of nitrogens with two attached hydrogens (primary N) is 1. The SMILES string of the molecule is CCOC(=O)C[C@@H](C(=O)OCC)[C@H](NC(=O)c1cccnc1)C(N)=O. The smallest absolute Gasteiger partial charge is 0.312 e. The van der Waals surface area contributed by atoms with E-state index in [-0.39, 0.29) is 18.8 Å². The maximum Gasteiger partial charge on any atom is 0.312 e. The van der Waals surface area contributed by atoms with Crippen LogP contribution in [0.2, 0.25) is 0 Å². The van der Waals surface area contributed by atoms with E-state index in [9.17, 15) is 19.2 Å². The van der Waals surface area contributed by atoms with Gasteiger partial charge in [0.05, 0.1) is 31.1 Å². The number of rotatable bonds is 9. The van der Waals surface area contributed by atoms with Gasteiger partial charge in [0, 0.05) is 12.4 Å². The van der Waals surface area contributed by atoms with Crippen molar-refractivity contribution in [3.8, 4) is 0 Å². The van der Waals surface area contributed by atoms with Crippen LogP contribution < -0.4 is 11.1 Å². The van der Waals surface area contributed by atoms with Crippen LogP contribution in [-0.2, 0) is 23.9 Å². The molecule has 0 saturated heterocycles. The minimum absolute atomic E-state index is 0.0419. The molecule has 0 aliphatic carbocycles. The highest BCUT2D eigenvalue weighted by Crippen LogP contribution is 2.14. The number of nitrogens with zero attached hydrogens (tertiary/aromatic N) is 1. The number of nitrogens with one attached hydrogen (secondary N) is 1. The summed E-state index contributed by atoms with van der Waals surface area (Å²) in [4.78, 5) is 51.7. The third kappa shape index (κ3) is 6.21. The highest BCUT2D eigenvalue weighted by atomic mass is 16.5. The summed E-state index contributed by atoms with van der Waals surface area (Å²) in [5, 5.41) is 2.36. The number of carbonyl (C=O) groups is 4. The van der Waals surface area contributed by atoms with Gasteiger partial charge in [-0.15, -0.1) is 0 Å². The second-order valence-corrected chi connectivity index (χ2v) is 4.96. The number of esters is 2. The van der Waals surface area contributed by atoms with Gasteiger partial charge in [0.1, 0.15) is 6.04 Å². The van der Waals surface area contributed by atoms with Crippen LogP contribution in [-0.4, -0.2) is 48.0 Å². The Morgan fingerprint density at radius 1 is 1.20 bits per heavy atom. The first-order chi connectivity index (χ1) is 11.9. The molecule has 0 saturated carbocycles. The Morgan fingerprint density at radius 2 is 1.88 bits per heavy atom. The summed E-state index contributed by atoms with van der Waals surface area (Å²) in [6, 6.07) is 1.58. The highest BCUT2D eigenvalue weighted by Gasteiger charge is 2.37. The van der Waals surface area contributed by atoms with E-state index in [2.05, 4.69) is 10.3 Å². The van der Waals surface area contributed by atoms with E-state index >= 15 is 0 Å². The van der Waals surface area contributed by atoms with E-state index in [0.717, 1.165) is 0 Å². The number of amides is 2. The molecule has 3 N–H and O–H groups in total. The first-order valence-corrected chi connectivity index (χ1v) is 7.73. The largest absolute Gasteiger partial charge is 0.466 e. The molecule has 1 aromatic rings. The zero-order valence-corrected chi connectivity index (χ0v) is 14.1.